The largest absolute Gasteiger partial charge is 0.388 e. The van der Waals surface area contributed by atoms with Crippen molar-refractivity contribution in [2.75, 3.05) is 13.1 Å². The topological polar surface area (TPSA) is 78.4 Å². The molecule has 0 aromatic carbocycles. The second-order valence-electron chi connectivity index (χ2n) is 3.97. The molecular weight excluding hydrogens is 196 g/mol. The molecule has 15 heavy (non-hydrogen) atoms. The van der Waals surface area contributed by atoms with Gasteiger partial charge in [-0.3, -0.25) is 9.59 Å². The summed E-state index contributed by atoms with van der Waals surface area (Å²) in [5.41, 5.74) is -0.803. The first-order chi connectivity index (χ1) is 7.07. The van der Waals surface area contributed by atoms with Crippen molar-refractivity contribution in [3.05, 3.63) is 0 Å². The number of rotatable bonds is 3. The molecule has 5 nitrogen and oxygen atoms in total. The lowest BCUT2D eigenvalue weighted by atomic mass is 10.0. The fraction of sp³-hybridized carbons (Fsp3) is 0.800. The van der Waals surface area contributed by atoms with Gasteiger partial charge in [0.2, 0.25) is 0 Å². The summed E-state index contributed by atoms with van der Waals surface area (Å²) in [7, 11) is 0. The molecule has 1 rings (SSSR count). The zero-order valence-electron chi connectivity index (χ0n) is 9.01. The minimum Gasteiger partial charge on any atom is -0.388 e. The van der Waals surface area contributed by atoms with Crippen LogP contribution in [0.5, 0.6) is 0 Å². The van der Waals surface area contributed by atoms with Crippen molar-refractivity contribution < 1.29 is 14.7 Å². The lowest BCUT2D eigenvalue weighted by molar-refractivity contribution is -0.139. The Morgan fingerprint density at radius 1 is 1.20 bits per heavy atom. The molecule has 2 amide bonds. The lowest BCUT2D eigenvalue weighted by Crippen LogP contribution is -2.46. The Hall–Kier alpha value is -1.10. The molecule has 3 N–H and O–H groups in total. The average Bonchev–Trinajstić information content (AvgIpc) is 2.63. The molecule has 0 aromatic rings. The minimum absolute atomic E-state index is 0.170. The standard InChI is InChI=1S/C10H18N2O3/c1-2-11-8(13)9(14)12-7-10(15)5-3-4-6-10/h15H,2-7H2,1H3,(H,11,13)(H,12,14). The van der Waals surface area contributed by atoms with E-state index in [1.54, 1.807) is 6.92 Å². The molecule has 1 aliphatic carbocycles. The van der Waals surface area contributed by atoms with Crippen LogP contribution >= 0.6 is 0 Å². The Bertz CT molecular complexity index is 247. The molecule has 1 saturated carbocycles. The van der Waals surface area contributed by atoms with Gasteiger partial charge in [-0.1, -0.05) is 12.8 Å². The number of aliphatic hydroxyl groups is 1. The first kappa shape index (κ1) is 12.0. The van der Waals surface area contributed by atoms with Gasteiger partial charge in [-0.2, -0.15) is 0 Å². The molecule has 1 aliphatic rings. The molecule has 0 atom stereocenters. The summed E-state index contributed by atoms with van der Waals surface area (Å²) in [6, 6.07) is 0. The molecule has 0 saturated heterocycles. The van der Waals surface area contributed by atoms with Crippen LogP contribution in [0, 0.1) is 0 Å². The van der Waals surface area contributed by atoms with Gasteiger partial charge in [-0.25, -0.2) is 0 Å². The fourth-order valence-corrected chi connectivity index (χ4v) is 1.78. The second-order valence-corrected chi connectivity index (χ2v) is 3.97. The molecule has 0 heterocycles. The van der Waals surface area contributed by atoms with Gasteiger partial charge >= 0.3 is 11.8 Å². The maximum Gasteiger partial charge on any atom is 0.309 e. The van der Waals surface area contributed by atoms with E-state index in [9.17, 15) is 14.7 Å². The van der Waals surface area contributed by atoms with Crippen molar-refractivity contribution >= 4 is 11.8 Å². The van der Waals surface area contributed by atoms with E-state index in [0.29, 0.717) is 19.4 Å². The highest BCUT2D eigenvalue weighted by Crippen LogP contribution is 2.28. The van der Waals surface area contributed by atoms with Crippen LogP contribution in [-0.2, 0) is 9.59 Å². The normalized spacial score (nSPS) is 18.5. The fourth-order valence-electron chi connectivity index (χ4n) is 1.78. The first-order valence-electron chi connectivity index (χ1n) is 5.36. The van der Waals surface area contributed by atoms with Gasteiger partial charge in [-0.05, 0) is 19.8 Å². The smallest absolute Gasteiger partial charge is 0.309 e. The predicted molar refractivity (Wildman–Crippen MR) is 55.1 cm³/mol. The molecule has 0 bridgehead atoms. The Kier molecular flexibility index (Phi) is 4.08. The molecule has 1 fully saturated rings. The van der Waals surface area contributed by atoms with Crippen LogP contribution in [0.1, 0.15) is 32.6 Å². The van der Waals surface area contributed by atoms with Crippen LogP contribution in [0.3, 0.4) is 0 Å². The predicted octanol–water partition coefficient (Wildman–Crippen LogP) is -0.456. The summed E-state index contributed by atoms with van der Waals surface area (Å²) in [6.45, 7) is 2.34. The van der Waals surface area contributed by atoms with Crippen molar-refractivity contribution in [3.63, 3.8) is 0 Å². The Morgan fingerprint density at radius 2 is 1.73 bits per heavy atom. The number of amides is 2. The molecule has 0 unspecified atom stereocenters. The van der Waals surface area contributed by atoms with E-state index in [2.05, 4.69) is 10.6 Å². The van der Waals surface area contributed by atoms with Gasteiger partial charge in [0.15, 0.2) is 0 Å². The van der Waals surface area contributed by atoms with Crippen molar-refractivity contribution in [1.29, 1.82) is 0 Å². The number of likely N-dealkylation sites (N-methyl/N-ethyl adjacent to an activating group) is 1. The van der Waals surface area contributed by atoms with Gasteiger partial charge < -0.3 is 15.7 Å². The molecule has 0 aliphatic heterocycles. The second kappa shape index (κ2) is 5.11. The summed E-state index contributed by atoms with van der Waals surface area (Å²) >= 11 is 0. The van der Waals surface area contributed by atoms with Gasteiger partial charge in [0.05, 0.1) is 5.60 Å². The highest BCUT2D eigenvalue weighted by molar-refractivity contribution is 6.35. The third-order valence-corrected chi connectivity index (χ3v) is 2.66. The molecule has 0 aromatic heterocycles. The van der Waals surface area contributed by atoms with E-state index in [1.807, 2.05) is 0 Å². The van der Waals surface area contributed by atoms with E-state index in [0.717, 1.165) is 12.8 Å². The monoisotopic (exact) mass is 214 g/mol. The summed E-state index contributed by atoms with van der Waals surface area (Å²) in [5.74, 6) is -1.31. The van der Waals surface area contributed by atoms with E-state index in [-0.39, 0.29) is 6.54 Å². The molecule has 5 heteroatoms. The van der Waals surface area contributed by atoms with Crippen LogP contribution in [0.2, 0.25) is 0 Å². The Balaban J connectivity index is 2.30. The van der Waals surface area contributed by atoms with Gasteiger partial charge in [0, 0.05) is 13.1 Å². The van der Waals surface area contributed by atoms with Crippen LogP contribution in [0.15, 0.2) is 0 Å². The van der Waals surface area contributed by atoms with E-state index in [4.69, 9.17) is 0 Å². The van der Waals surface area contributed by atoms with Crippen molar-refractivity contribution in [3.8, 4) is 0 Å². The summed E-state index contributed by atoms with van der Waals surface area (Å²) < 4.78 is 0. The zero-order chi connectivity index (χ0) is 11.3. The van der Waals surface area contributed by atoms with Crippen molar-refractivity contribution in [1.82, 2.24) is 10.6 Å². The third-order valence-electron chi connectivity index (χ3n) is 2.66. The van der Waals surface area contributed by atoms with E-state index in [1.165, 1.54) is 0 Å². The average molecular weight is 214 g/mol. The highest BCUT2D eigenvalue weighted by atomic mass is 16.3. The Morgan fingerprint density at radius 3 is 2.27 bits per heavy atom. The SMILES string of the molecule is CCNC(=O)C(=O)NCC1(O)CCCC1. The van der Waals surface area contributed by atoms with Crippen LogP contribution in [0.4, 0.5) is 0 Å². The van der Waals surface area contributed by atoms with Gasteiger partial charge in [0.25, 0.3) is 0 Å². The van der Waals surface area contributed by atoms with Crippen molar-refractivity contribution in [2.45, 2.75) is 38.2 Å². The van der Waals surface area contributed by atoms with E-state index < -0.39 is 17.4 Å². The number of hydrogen-bond acceptors (Lipinski definition) is 3. The Labute approximate surface area is 89.2 Å². The summed E-state index contributed by atoms with van der Waals surface area (Å²) in [6.07, 6.45) is 3.35. The number of hydrogen-bond donors (Lipinski definition) is 3. The third kappa shape index (κ3) is 3.51. The van der Waals surface area contributed by atoms with Crippen LogP contribution in [0.25, 0.3) is 0 Å². The summed E-state index contributed by atoms with van der Waals surface area (Å²) in [5, 5.41) is 14.8. The highest BCUT2D eigenvalue weighted by Gasteiger charge is 2.31. The zero-order valence-corrected chi connectivity index (χ0v) is 9.01. The van der Waals surface area contributed by atoms with Crippen LogP contribution < -0.4 is 10.6 Å². The van der Waals surface area contributed by atoms with Gasteiger partial charge in [0.1, 0.15) is 0 Å². The maximum atomic E-state index is 11.2. The number of carbonyl (C=O) groups excluding carboxylic acids is 2. The maximum absolute atomic E-state index is 11.2. The molecule has 0 radical (unpaired) electrons. The molecular formula is C10H18N2O3. The first-order valence-corrected chi connectivity index (χ1v) is 5.36. The minimum atomic E-state index is -0.803. The van der Waals surface area contributed by atoms with Crippen LogP contribution in [-0.4, -0.2) is 35.6 Å². The summed E-state index contributed by atoms with van der Waals surface area (Å²) in [4.78, 5) is 22.2. The molecule has 0 spiro atoms. The van der Waals surface area contributed by atoms with Gasteiger partial charge in [-0.15, -0.1) is 0 Å². The lowest BCUT2D eigenvalue weighted by Gasteiger charge is -2.21. The van der Waals surface area contributed by atoms with E-state index >= 15 is 0 Å². The number of nitrogens with one attached hydrogen (secondary N) is 2. The molecule has 86 valence electrons. The number of carbonyl (C=O) groups is 2. The van der Waals surface area contributed by atoms with Crippen molar-refractivity contribution in [2.24, 2.45) is 0 Å². The quantitative estimate of drug-likeness (QED) is 0.556.